The van der Waals surface area contributed by atoms with E-state index in [1.54, 1.807) is 0 Å². The summed E-state index contributed by atoms with van der Waals surface area (Å²) in [6.45, 7) is 0. The quantitative estimate of drug-likeness (QED) is 0.166. The summed E-state index contributed by atoms with van der Waals surface area (Å²) >= 11 is 0. The van der Waals surface area contributed by atoms with Crippen LogP contribution in [0.5, 0.6) is 0 Å². The Bertz CT molecular complexity index is 4250. The lowest BCUT2D eigenvalue weighted by atomic mass is 9.81. The van der Waals surface area contributed by atoms with Crippen LogP contribution in [0.1, 0.15) is 0 Å². The van der Waals surface area contributed by atoms with Gasteiger partial charge in [0.2, 0.25) is 0 Å². The Balaban J connectivity index is 1.08. The third-order valence-corrected chi connectivity index (χ3v) is 14.6. The van der Waals surface area contributed by atoms with Gasteiger partial charge >= 0.3 is 0 Å². The molecule has 64 heavy (non-hydrogen) atoms. The lowest BCUT2D eigenvalue weighted by molar-refractivity contribution is 1.62. The molecule has 0 saturated heterocycles. The van der Waals surface area contributed by atoms with Crippen molar-refractivity contribution in [1.82, 2.24) is 0 Å². The van der Waals surface area contributed by atoms with Crippen molar-refractivity contribution in [3.05, 3.63) is 218 Å². The summed E-state index contributed by atoms with van der Waals surface area (Å²) < 4.78 is 0. The highest BCUT2D eigenvalue weighted by atomic mass is 14.3. The summed E-state index contributed by atoms with van der Waals surface area (Å²) in [5.74, 6) is 0. The summed E-state index contributed by atoms with van der Waals surface area (Å²) in [4.78, 5) is 0. The van der Waals surface area contributed by atoms with Gasteiger partial charge in [-0.2, -0.15) is 0 Å². The van der Waals surface area contributed by atoms with Crippen LogP contribution in [0.2, 0.25) is 0 Å². The highest BCUT2D eigenvalue weighted by molar-refractivity contribution is 6.48. The third-order valence-electron chi connectivity index (χ3n) is 14.6. The van der Waals surface area contributed by atoms with Crippen molar-refractivity contribution in [3.63, 3.8) is 0 Å². The molecule has 1 aliphatic carbocycles. The van der Waals surface area contributed by atoms with Crippen molar-refractivity contribution >= 4 is 86.2 Å². The van der Waals surface area contributed by atoms with Crippen molar-refractivity contribution in [1.29, 1.82) is 0 Å². The van der Waals surface area contributed by atoms with Crippen molar-refractivity contribution < 1.29 is 0 Å². The van der Waals surface area contributed by atoms with E-state index < -0.39 is 0 Å². The maximum Gasteiger partial charge on any atom is -0.000696 e. The maximum atomic E-state index is 2.51. The zero-order chi connectivity index (χ0) is 41.6. The molecule has 14 aromatic rings. The van der Waals surface area contributed by atoms with Gasteiger partial charge in [-0.3, -0.25) is 0 Å². The second-order valence-corrected chi connectivity index (χ2v) is 17.7. The van der Waals surface area contributed by atoms with E-state index in [9.17, 15) is 0 Å². The maximum absolute atomic E-state index is 2.51. The molecule has 0 bridgehead atoms. The van der Waals surface area contributed by atoms with Crippen LogP contribution in [0.15, 0.2) is 218 Å². The molecule has 0 aliphatic heterocycles. The summed E-state index contributed by atoms with van der Waals surface area (Å²) in [5.41, 5.74) is 15.4. The van der Waals surface area contributed by atoms with Crippen molar-refractivity contribution in [3.8, 4) is 66.8 Å². The van der Waals surface area contributed by atoms with Gasteiger partial charge in [0.05, 0.1) is 0 Å². The monoisotopic (exact) mass is 804 g/mol. The van der Waals surface area contributed by atoms with Gasteiger partial charge in [0, 0.05) is 0 Å². The third kappa shape index (κ3) is 4.37. The molecule has 0 spiro atoms. The highest BCUT2D eigenvalue weighted by Crippen LogP contribution is 2.59. The topological polar surface area (TPSA) is 0 Å². The predicted octanol–water partition coefficient (Wildman–Crippen LogP) is 18.1. The Morgan fingerprint density at radius 1 is 0.172 bits per heavy atom. The van der Waals surface area contributed by atoms with Gasteiger partial charge in [-0.15, -0.1) is 0 Å². The molecule has 14 aromatic carbocycles. The van der Waals surface area contributed by atoms with Crippen molar-refractivity contribution in [2.24, 2.45) is 0 Å². The van der Waals surface area contributed by atoms with E-state index in [0.717, 1.165) is 0 Å². The summed E-state index contributed by atoms with van der Waals surface area (Å²) in [6, 6.07) is 82.0. The van der Waals surface area contributed by atoms with Crippen LogP contribution >= 0.6 is 0 Å². The average molecular weight is 805 g/mol. The van der Waals surface area contributed by atoms with E-state index in [1.165, 1.54) is 153 Å². The molecule has 15 rings (SSSR count). The molecule has 0 atom stereocenters. The lowest BCUT2D eigenvalue weighted by Gasteiger charge is -2.21. The van der Waals surface area contributed by atoms with Crippen molar-refractivity contribution in [2.75, 3.05) is 0 Å². The molecular formula is C64H36. The molecule has 0 heterocycles. The van der Waals surface area contributed by atoms with Crippen LogP contribution in [-0.4, -0.2) is 0 Å². The lowest BCUT2D eigenvalue weighted by Crippen LogP contribution is -1.94. The molecule has 0 saturated carbocycles. The fourth-order valence-corrected chi connectivity index (χ4v) is 12.2. The summed E-state index contributed by atoms with van der Waals surface area (Å²) in [7, 11) is 0. The van der Waals surface area contributed by atoms with Gasteiger partial charge in [-0.05, 0) is 159 Å². The van der Waals surface area contributed by atoms with Gasteiger partial charge in [-0.25, -0.2) is 0 Å². The van der Waals surface area contributed by atoms with Crippen LogP contribution < -0.4 is 0 Å². The second kappa shape index (κ2) is 12.6. The van der Waals surface area contributed by atoms with E-state index in [4.69, 9.17) is 0 Å². The van der Waals surface area contributed by atoms with E-state index >= 15 is 0 Å². The zero-order valence-electron chi connectivity index (χ0n) is 34.8. The smallest absolute Gasteiger partial charge is 0.000696 e. The molecule has 0 nitrogen and oxygen atoms in total. The largest absolute Gasteiger partial charge is 0.0622 e. The Hall–Kier alpha value is -8.32. The van der Waals surface area contributed by atoms with Gasteiger partial charge in [0.15, 0.2) is 0 Å². The Morgan fingerprint density at radius 3 is 1.34 bits per heavy atom. The minimum Gasteiger partial charge on any atom is -0.0622 e. The van der Waals surface area contributed by atoms with Crippen LogP contribution in [-0.2, 0) is 0 Å². The zero-order valence-corrected chi connectivity index (χ0v) is 34.8. The first-order chi connectivity index (χ1) is 31.8. The second-order valence-electron chi connectivity index (χ2n) is 17.7. The van der Waals surface area contributed by atoms with Gasteiger partial charge in [0.1, 0.15) is 0 Å². The van der Waals surface area contributed by atoms with Gasteiger partial charge in [-0.1, -0.05) is 212 Å². The molecule has 1 aliphatic rings. The molecule has 292 valence electrons. The summed E-state index contributed by atoms with van der Waals surface area (Å²) in [5, 5.41) is 21.2. The molecular weight excluding hydrogens is 769 g/mol. The molecule has 0 unspecified atom stereocenters. The van der Waals surface area contributed by atoms with E-state index in [1.807, 2.05) is 0 Å². The first-order valence-electron chi connectivity index (χ1n) is 22.4. The van der Waals surface area contributed by atoms with Gasteiger partial charge in [0.25, 0.3) is 0 Å². The van der Waals surface area contributed by atoms with E-state index in [0.29, 0.717) is 0 Å². The number of hydrogen-bond donors (Lipinski definition) is 0. The van der Waals surface area contributed by atoms with Crippen LogP contribution in [0.3, 0.4) is 0 Å². The Kier molecular flexibility index (Phi) is 6.77. The van der Waals surface area contributed by atoms with Crippen molar-refractivity contribution in [2.45, 2.75) is 0 Å². The van der Waals surface area contributed by atoms with E-state index in [2.05, 4.69) is 218 Å². The first kappa shape index (κ1) is 34.3. The Labute approximate surface area is 369 Å². The minimum absolute atomic E-state index is 1.22. The molecule has 0 radical (unpaired) electrons. The van der Waals surface area contributed by atoms with Crippen LogP contribution in [0.4, 0.5) is 0 Å². The number of hydrogen-bond acceptors (Lipinski definition) is 0. The fourth-order valence-electron chi connectivity index (χ4n) is 12.2. The van der Waals surface area contributed by atoms with Crippen LogP contribution in [0.25, 0.3) is 153 Å². The molecule has 0 amide bonds. The molecule has 0 heteroatoms. The van der Waals surface area contributed by atoms with E-state index in [-0.39, 0.29) is 0 Å². The number of benzene rings is 12. The first-order valence-corrected chi connectivity index (χ1v) is 22.4. The molecule has 0 N–H and O–H groups in total. The summed E-state index contributed by atoms with van der Waals surface area (Å²) in [6.07, 6.45) is 0. The predicted molar refractivity (Wildman–Crippen MR) is 275 cm³/mol. The SMILES string of the molecule is c1ccc(-c2c3c(c(-c4ccccc4)c4cc(-c5ccc6c7c5cccc7c5c(-c7ccccc7)c7cccc8c9ccccc9c(c78)c65)ccc24)-c2cccc4cccc-3c24)cc1. The normalized spacial score (nSPS) is 12.4. The van der Waals surface area contributed by atoms with Gasteiger partial charge < -0.3 is 0 Å². The number of rotatable bonds is 4. The number of fused-ring (bicyclic) bond motifs is 11. The molecule has 0 fully saturated rings. The average Bonchev–Trinajstić information content (AvgIpc) is 4.00. The highest BCUT2D eigenvalue weighted by Gasteiger charge is 2.31. The Morgan fingerprint density at radius 2 is 0.656 bits per heavy atom. The van der Waals surface area contributed by atoms with Crippen LogP contribution in [0, 0.1) is 0 Å². The fraction of sp³-hybridized carbons (Fsp3) is 0. The minimum atomic E-state index is 1.22. The standard InChI is InChI=1S/C64H36/c1-4-16-38(17-5-1)55-47-33-32-41(36-53(47)57(40-20-8-3-9-21-40)62-49-29-13-23-37-22-12-28-48(54(37)49)61(55)62)42-34-35-52-58-44(42)26-14-31-51(58)63-56(39-18-6-2-7-19-39)50-30-15-27-45-43-24-10-11-25-46(43)60(59(45)50)64(52)63/h1-36H. The molecule has 0 aromatic heterocycles.